The van der Waals surface area contributed by atoms with Crippen molar-refractivity contribution in [2.45, 2.75) is 18.9 Å². The van der Waals surface area contributed by atoms with E-state index in [2.05, 4.69) is 30.0 Å². The number of anilines is 1. The molecule has 0 aromatic heterocycles. The Morgan fingerprint density at radius 2 is 2.33 bits per heavy atom. The summed E-state index contributed by atoms with van der Waals surface area (Å²) in [7, 11) is 4.25. The van der Waals surface area contributed by atoms with Crippen LogP contribution in [0.25, 0.3) is 0 Å². The normalized spacial score (nSPS) is 19.8. The summed E-state index contributed by atoms with van der Waals surface area (Å²) >= 11 is 6.06. The van der Waals surface area contributed by atoms with Crippen LogP contribution in [-0.4, -0.2) is 38.1 Å². The third kappa shape index (κ3) is 2.77. The Morgan fingerprint density at radius 1 is 1.56 bits per heavy atom. The number of halogens is 1. The lowest BCUT2D eigenvalue weighted by molar-refractivity contribution is 0.314. The van der Waals surface area contributed by atoms with Gasteiger partial charge in [0.1, 0.15) is 6.07 Å². The van der Waals surface area contributed by atoms with Gasteiger partial charge in [-0.2, -0.15) is 5.26 Å². The summed E-state index contributed by atoms with van der Waals surface area (Å²) < 4.78 is 0. The van der Waals surface area contributed by atoms with Gasteiger partial charge in [0, 0.05) is 25.3 Å². The van der Waals surface area contributed by atoms with Gasteiger partial charge in [0.05, 0.1) is 10.6 Å². The van der Waals surface area contributed by atoms with Gasteiger partial charge in [-0.3, -0.25) is 0 Å². The highest BCUT2D eigenvalue weighted by molar-refractivity contribution is 6.32. The summed E-state index contributed by atoms with van der Waals surface area (Å²) in [5.74, 6) is 0. The fourth-order valence-electron chi connectivity index (χ4n) is 2.46. The Labute approximate surface area is 114 Å². The predicted octanol–water partition coefficient (Wildman–Crippen LogP) is 2.74. The van der Waals surface area contributed by atoms with E-state index >= 15 is 0 Å². The van der Waals surface area contributed by atoms with Gasteiger partial charge in [-0.05, 0) is 44.6 Å². The summed E-state index contributed by atoms with van der Waals surface area (Å²) in [6, 6.07) is 8.31. The molecule has 0 radical (unpaired) electrons. The molecule has 0 N–H and O–H groups in total. The van der Waals surface area contributed by atoms with Crippen LogP contribution in [0.15, 0.2) is 18.2 Å². The monoisotopic (exact) mass is 263 g/mol. The van der Waals surface area contributed by atoms with Crippen LogP contribution in [0.3, 0.4) is 0 Å². The van der Waals surface area contributed by atoms with Crippen LogP contribution in [-0.2, 0) is 0 Å². The minimum atomic E-state index is 0.529. The van der Waals surface area contributed by atoms with Gasteiger partial charge in [0.2, 0.25) is 0 Å². The van der Waals surface area contributed by atoms with E-state index < -0.39 is 0 Å². The molecular weight excluding hydrogens is 246 g/mol. The molecule has 2 rings (SSSR count). The smallest absolute Gasteiger partial charge is 0.101 e. The molecule has 0 saturated carbocycles. The van der Waals surface area contributed by atoms with E-state index in [1.54, 1.807) is 6.07 Å². The first-order valence-corrected chi connectivity index (χ1v) is 6.60. The maximum absolute atomic E-state index is 8.86. The standard InChI is InChI=1S/C14H18ClN3/c1-17-7-3-4-13(17)10-18(2)12-6-5-11(9-16)14(15)8-12/h5-6,8,13H,3-4,7,10H2,1-2H3. The van der Waals surface area contributed by atoms with Crippen molar-refractivity contribution < 1.29 is 0 Å². The molecule has 3 nitrogen and oxygen atoms in total. The Bertz CT molecular complexity index is 467. The highest BCUT2D eigenvalue weighted by atomic mass is 35.5. The van der Waals surface area contributed by atoms with Crippen LogP contribution in [0.5, 0.6) is 0 Å². The average molecular weight is 264 g/mol. The summed E-state index contributed by atoms with van der Waals surface area (Å²) in [6.07, 6.45) is 2.54. The first kappa shape index (κ1) is 13.2. The fraction of sp³-hybridized carbons (Fsp3) is 0.500. The lowest BCUT2D eigenvalue weighted by Crippen LogP contribution is -2.36. The summed E-state index contributed by atoms with van der Waals surface area (Å²) in [4.78, 5) is 4.61. The van der Waals surface area contributed by atoms with Crippen molar-refractivity contribution in [3.05, 3.63) is 28.8 Å². The molecule has 1 aliphatic heterocycles. The number of likely N-dealkylation sites (N-methyl/N-ethyl adjacent to an activating group) is 2. The van der Waals surface area contributed by atoms with Crippen LogP contribution in [0.4, 0.5) is 5.69 Å². The van der Waals surface area contributed by atoms with E-state index in [-0.39, 0.29) is 0 Å². The van der Waals surface area contributed by atoms with Gasteiger partial charge in [-0.25, -0.2) is 0 Å². The fourth-order valence-corrected chi connectivity index (χ4v) is 2.68. The van der Waals surface area contributed by atoms with Crippen molar-refractivity contribution in [2.75, 3.05) is 32.1 Å². The van der Waals surface area contributed by atoms with Gasteiger partial charge in [-0.15, -0.1) is 0 Å². The average Bonchev–Trinajstić information content (AvgIpc) is 2.75. The molecule has 1 aliphatic rings. The Balaban J connectivity index is 2.07. The van der Waals surface area contributed by atoms with E-state index in [0.29, 0.717) is 16.6 Å². The van der Waals surface area contributed by atoms with Crippen molar-refractivity contribution in [2.24, 2.45) is 0 Å². The molecule has 0 bridgehead atoms. The quantitative estimate of drug-likeness (QED) is 0.840. The van der Waals surface area contributed by atoms with Crippen LogP contribution in [0, 0.1) is 11.3 Å². The van der Waals surface area contributed by atoms with Crippen LogP contribution in [0.2, 0.25) is 5.02 Å². The van der Waals surface area contributed by atoms with Crippen molar-refractivity contribution in [3.8, 4) is 6.07 Å². The zero-order chi connectivity index (χ0) is 13.1. The molecule has 1 unspecified atom stereocenters. The number of benzene rings is 1. The Hall–Kier alpha value is -1.24. The zero-order valence-electron chi connectivity index (χ0n) is 10.9. The first-order valence-electron chi connectivity index (χ1n) is 6.23. The highest BCUT2D eigenvalue weighted by Crippen LogP contribution is 2.24. The molecule has 1 aromatic carbocycles. The lowest BCUT2D eigenvalue weighted by atomic mass is 10.1. The molecule has 1 fully saturated rings. The second kappa shape index (κ2) is 5.60. The molecule has 0 aliphatic carbocycles. The van der Waals surface area contributed by atoms with Gasteiger partial charge >= 0.3 is 0 Å². The van der Waals surface area contributed by atoms with Crippen molar-refractivity contribution in [1.82, 2.24) is 4.90 Å². The molecule has 0 spiro atoms. The van der Waals surface area contributed by atoms with E-state index in [1.807, 2.05) is 12.1 Å². The van der Waals surface area contributed by atoms with Crippen molar-refractivity contribution >= 4 is 17.3 Å². The van der Waals surface area contributed by atoms with Crippen molar-refractivity contribution in [1.29, 1.82) is 5.26 Å². The molecule has 0 amide bonds. The molecular formula is C14H18ClN3. The molecule has 1 heterocycles. The predicted molar refractivity (Wildman–Crippen MR) is 75.1 cm³/mol. The maximum Gasteiger partial charge on any atom is 0.101 e. The lowest BCUT2D eigenvalue weighted by Gasteiger charge is -2.27. The second-order valence-electron chi connectivity index (χ2n) is 4.93. The maximum atomic E-state index is 8.86. The number of rotatable bonds is 3. The molecule has 18 heavy (non-hydrogen) atoms. The van der Waals surface area contributed by atoms with Gasteiger partial charge < -0.3 is 9.80 Å². The molecule has 1 aromatic rings. The SMILES string of the molecule is CN(CC1CCCN1C)c1ccc(C#N)c(Cl)c1. The highest BCUT2D eigenvalue weighted by Gasteiger charge is 2.22. The number of hydrogen-bond acceptors (Lipinski definition) is 3. The van der Waals surface area contributed by atoms with E-state index in [9.17, 15) is 0 Å². The third-order valence-electron chi connectivity index (χ3n) is 3.67. The number of hydrogen-bond donors (Lipinski definition) is 0. The Kier molecular flexibility index (Phi) is 4.11. The number of nitriles is 1. The zero-order valence-corrected chi connectivity index (χ0v) is 11.6. The largest absolute Gasteiger partial charge is 0.373 e. The summed E-state index contributed by atoms with van der Waals surface area (Å²) in [6.45, 7) is 2.19. The summed E-state index contributed by atoms with van der Waals surface area (Å²) in [5.41, 5.74) is 1.60. The van der Waals surface area contributed by atoms with Crippen LogP contribution < -0.4 is 4.90 Å². The number of nitrogens with zero attached hydrogens (tertiary/aromatic N) is 3. The van der Waals surface area contributed by atoms with Gasteiger partial charge in [-0.1, -0.05) is 11.6 Å². The topological polar surface area (TPSA) is 30.3 Å². The minimum absolute atomic E-state index is 0.529. The summed E-state index contributed by atoms with van der Waals surface area (Å²) in [5, 5.41) is 9.39. The third-order valence-corrected chi connectivity index (χ3v) is 3.98. The van der Waals surface area contributed by atoms with Gasteiger partial charge in [0.15, 0.2) is 0 Å². The number of likely N-dealkylation sites (tertiary alicyclic amines) is 1. The Morgan fingerprint density at radius 3 is 2.89 bits per heavy atom. The molecule has 96 valence electrons. The van der Waals surface area contributed by atoms with E-state index in [1.165, 1.54) is 19.4 Å². The van der Waals surface area contributed by atoms with Gasteiger partial charge in [0.25, 0.3) is 0 Å². The van der Waals surface area contributed by atoms with Crippen molar-refractivity contribution in [3.63, 3.8) is 0 Å². The van der Waals surface area contributed by atoms with Crippen LogP contribution in [0.1, 0.15) is 18.4 Å². The second-order valence-corrected chi connectivity index (χ2v) is 5.34. The van der Waals surface area contributed by atoms with E-state index in [4.69, 9.17) is 16.9 Å². The molecule has 1 saturated heterocycles. The van der Waals surface area contributed by atoms with E-state index in [0.717, 1.165) is 12.2 Å². The minimum Gasteiger partial charge on any atom is -0.373 e. The molecule has 1 atom stereocenters. The molecule has 4 heteroatoms. The van der Waals surface area contributed by atoms with Crippen LogP contribution >= 0.6 is 11.6 Å². The first-order chi connectivity index (χ1) is 8.61.